The first-order chi connectivity index (χ1) is 5.77. The first-order valence-corrected chi connectivity index (χ1v) is 3.86. The zero-order valence-corrected chi connectivity index (χ0v) is 7.28. The Morgan fingerprint density at radius 3 is 2.33 bits per heavy atom. The van der Waals surface area contributed by atoms with E-state index >= 15 is 0 Å². The van der Waals surface area contributed by atoms with Gasteiger partial charge in [0, 0.05) is 12.7 Å². The first kappa shape index (κ1) is 8.94. The van der Waals surface area contributed by atoms with Gasteiger partial charge in [-0.2, -0.15) is 0 Å². The fourth-order valence-corrected chi connectivity index (χ4v) is 0.982. The SMILES string of the molecule is COC(C)c1ccc(C=O)cc1. The van der Waals surface area contributed by atoms with Gasteiger partial charge in [-0.3, -0.25) is 4.79 Å². The molecule has 0 aliphatic carbocycles. The molecule has 0 heterocycles. The molecule has 1 rings (SSSR count). The fraction of sp³-hybridized carbons (Fsp3) is 0.300. The van der Waals surface area contributed by atoms with Crippen LogP contribution in [-0.4, -0.2) is 13.4 Å². The number of hydrogen-bond donors (Lipinski definition) is 0. The maximum Gasteiger partial charge on any atom is 0.150 e. The molecule has 0 saturated heterocycles. The van der Waals surface area contributed by atoms with Crippen LogP contribution >= 0.6 is 0 Å². The second-order valence-corrected chi connectivity index (χ2v) is 2.66. The van der Waals surface area contributed by atoms with Crippen LogP contribution in [0, 0.1) is 0 Å². The first-order valence-electron chi connectivity index (χ1n) is 3.86. The van der Waals surface area contributed by atoms with E-state index in [0.717, 1.165) is 11.8 Å². The Morgan fingerprint density at radius 1 is 1.33 bits per heavy atom. The van der Waals surface area contributed by atoms with Gasteiger partial charge >= 0.3 is 0 Å². The summed E-state index contributed by atoms with van der Waals surface area (Å²) in [6.07, 6.45) is 0.923. The molecule has 64 valence electrons. The summed E-state index contributed by atoms with van der Waals surface area (Å²) in [7, 11) is 1.66. The van der Waals surface area contributed by atoms with Gasteiger partial charge < -0.3 is 4.74 Å². The van der Waals surface area contributed by atoms with Crippen molar-refractivity contribution in [3.63, 3.8) is 0 Å². The second kappa shape index (κ2) is 4.02. The fourth-order valence-electron chi connectivity index (χ4n) is 0.982. The van der Waals surface area contributed by atoms with E-state index in [9.17, 15) is 4.79 Å². The normalized spacial score (nSPS) is 12.5. The number of aldehydes is 1. The van der Waals surface area contributed by atoms with Gasteiger partial charge in [0.25, 0.3) is 0 Å². The van der Waals surface area contributed by atoms with Crippen LogP contribution < -0.4 is 0 Å². The van der Waals surface area contributed by atoms with Gasteiger partial charge in [-0.15, -0.1) is 0 Å². The van der Waals surface area contributed by atoms with E-state index in [0.29, 0.717) is 5.56 Å². The summed E-state index contributed by atoms with van der Waals surface area (Å²) in [5.74, 6) is 0. The number of ether oxygens (including phenoxy) is 1. The number of hydrogen-bond acceptors (Lipinski definition) is 2. The molecular weight excluding hydrogens is 152 g/mol. The largest absolute Gasteiger partial charge is 0.377 e. The van der Waals surface area contributed by atoms with E-state index in [1.165, 1.54) is 0 Å². The van der Waals surface area contributed by atoms with Gasteiger partial charge in [0.15, 0.2) is 0 Å². The van der Waals surface area contributed by atoms with Gasteiger partial charge in [0.2, 0.25) is 0 Å². The lowest BCUT2D eigenvalue weighted by molar-refractivity contribution is 0.112. The van der Waals surface area contributed by atoms with Gasteiger partial charge in [0.05, 0.1) is 6.10 Å². The topological polar surface area (TPSA) is 26.3 Å². The van der Waals surface area contributed by atoms with Crippen LogP contribution in [0.15, 0.2) is 24.3 Å². The minimum absolute atomic E-state index is 0.0886. The Labute approximate surface area is 72.2 Å². The van der Waals surface area contributed by atoms with Gasteiger partial charge in [-0.1, -0.05) is 24.3 Å². The summed E-state index contributed by atoms with van der Waals surface area (Å²) in [6, 6.07) is 7.38. The monoisotopic (exact) mass is 164 g/mol. The molecule has 0 bridgehead atoms. The molecule has 2 nitrogen and oxygen atoms in total. The molecule has 0 spiro atoms. The standard InChI is InChI=1S/C10H12O2/c1-8(12-2)10-5-3-9(7-11)4-6-10/h3-8H,1-2H3. The van der Waals surface area contributed by atoms with Crippen molar-refractivity contribution in [2.75, 3.05) is 7.11 Å². The highest BCUT2D eigenvalue weighted by atomic mass is 16.5. The van der Waals surface area contributed by atoms with Gasteiger partial charge in [0.1, 0.15) is 6.29 Å². The predicted octanol–water partition coefficient (Wildman–Crippen LogP) is 2.21. The summed E-state index contributed by atoms with van der Waals surface area (Å²) in [5, 5.41) is 0. The minimum atomic E-state index is 0.0886. The van der Waals surface area contributed by atoms with Crippen molar-refractivity contribution in [1.29, 1.82) is 0 Å². The molecule has 1 atom stereocenters. The third-order valence-corrected chi connectivity index (χ3v) is 1.90. The Morgan fingerprint density at radius 2 is 1.92 bits per heavy atom. The van der Waals surface area contributed by atoms with E-state index in [4.69, 9.17) is 4.74 Å². The average Bonchev–Trinajstić information content (AvgIpc) is 2.17. The third kappa shape index (κ3) is 1.92. The summed E-state index contributed by atoms with van der Waals surface area (Å²) in [6.45, 7) is 1.97. The van der Waals surface area contributed by atoms with Crippen LogP contribution in [0.4, 0.5) is 0 Å². The zero-order valence-electron chi connectivity index (χ0n) is 7.28. The molecule has 0 N–H and O–H groups in total. The van der Waals surface area contributed by atoms with E-state index in [-0.39, 0.29) is 6.10 Å². The second-order valence-electron chi connectivity index (χ2n) is 2.66. The summed E-state index contributed by atoms with van der Waals surface area (Å²) < 4.78 is 5.12. The molecule has 1 aromatic carbocycles. The molecule has 0 aliphatic heterocycles. The lowest BCUT2D eigenvalue weighted by atomic mass is 10.1. The maximum absolute atomic E-state index is 10.3. The van der Waals surface area contributed by atoms with Gasteiger partial charge in [-0.25, -0.2) is 0 Å². The maximum atomic E-state index is 10.3. The Kier molecular flexibility index (Phi) is 3.00. The zero-order chi connectivity index (χ0) is 8.97. The predicted molar refractivity (Wildman–Crippen MR) is 47.3 cm³/mol. The van der Waals surface area contributed by atoms with E-state index < -0.39 is 0 Å². The molecule has 12 heavy (non-hydrogen) atoms. The molecule has 2 heteroatoms. The van der Waals surface area contributed by atoms with Crippen molar-refractivity contribution in [2.24, 2.45) is 0 Å². The number of carbonyl (C=O) groups is 1. The van der Waals surface area contributed by atoms with Crippen molar-refractivity contribution in [1.82, 2.24) is 0 Å². The number of rotatable bonds is 3. The lowest BCUT2D eigenvalue weighted by Gasteiger charge is -2.08. The van der Waals surface area contributed by atoms with Crippen molar-refractivity contribution in [2.45, 2.75) is 13.0 Å². The van der Waals surface area contributed by atoms with Crippen molar-refractivity contribution in [3.05, 3.63) is 35.4 Å². The molecule has 0 saturated carbocycles. The Bertz CT molecular complexity index is 251. The molecule has 1 unspecified atom stereocenters. The Balaban J connectivity index is 2.84. The number of benzene rings is 1. The van der Waals surface area contributed by atoms with Crippen molar-refractivity contribution in [3.8, 4) is 0 Å². The van der Waals surface area contributed by atoms with Crippen molar-refractivity contribution >= 4 is 6.29 Å². The molecule has 1 aromatic rings. The Hall–Kier alpha value is -1.15. The quantitative estimate of drug-likeness (QED) is 0.640. The molecule has 0 fully saturated rings. The van der Waals surface area contributed by atoms with Gasteiger partial charge in [-0.05, 0) is 12.5 Å². The van der Waals surface area contributed by atoms with E-state index in [1.807, 2.05) is 19.1 Å². The highest BCUT2D eigenvalue weighted by Gasteiger charge is 2.01. The molecule has 0 radical (unpaired) electrons. The van der Waals surface area contributed by atoms with E-state index in [1.54, 1.807) is 19.2 Å². The minimum Gasteiger partial charge on any atom is -0.377 e. The van der Waals surface area contributed by atoms with E-state index in [2.05, 4.69) is 0 Å². The van der Waals surface area contributed by atoms with Crippen LogP contribution in [0.5, 0.6) is 0 Å². The smallest absolute Gasteiger partial charge is 0.150 e. The van der Waals surface area contributed by atoms with Crippen LogP contribution in [0.1, 0.15) is 28.9 Å². The summed E-state index contributed by atoms with van der Waals surface area (Å²) in [4.78, 5) is 10.3. The molecule has 0 aromatic heterocycles. The highest BCUT2D eigenvalue weighted by molar-refractivity contribution is 5.74. The molecule has 0 amide bonds. The van der Waals surface area contributed by atoms with Crippen LogP contribution in [0.2, 0.25) is 0 Å². The van der Waals surface area contributed by atoms with Crippen molar-refractivity contribution < 1.29 is 9.53 Å². The average molecular weight is 164 g/mol. The summed E-state index contributed by atoms with van der Waals surface area (Å²) in [5.41, 5.74) is 1.78. The van der Waals surface area contributed by atoms with Crippen LogP contribution in [-0.2, 0) is 4.74 Å². The van der Waals surface area contributed by atoms with Crippen LogP contribution in [0.3, 0.4) is 0 Å². The third-order valence-electron chi connectivity index (χ3n) is 1.90. The number of carbonyl (C=O) groups excluding carboxylic acids is 1. The molecular formula is C10H12O2. The number of methoxy groups -OCH3 is 1. The summed E-state index contributed by atoms with van der Waals surface area (Å²) >= 11 is 0. The highest BCUT2D eigenvalue weighted by Crippen LogP contribution is 2.15. The molecule has 0 aliphatic rings. The lowest BCUT2D eigenvalue weighted by Crippen LogP contribution is -1.95. The van der Waals surface area contributed by atoms with Crippen LogP contribution in [0.25, 0.3) is 0 Å².